The van der Waals surface area contributed by atoms with Gasteiger partial charge in [-0.25, -0.2) is 0 Å². The summed E-state index contributed by atoms with van der Waals surface area (Å²) in [6, 6.07) is 14.0. The smallest absolute Gasteiger partial charge is 0.267 e. The second kappa shape index (κ2) is 7.96. The first-order valence-corrected chi connectivity index (χ1v) is 9.80. The second-order valence-corrected chi connectivity index (χ2v) is 8.27. The maximum Gasteiger partial charge on any atom is 0.269 e. The lowest BCUT2D eigenvalue weighted by Gasteiger charge is -2.10. The minimum absolute atomic E-state index is 0.358. The van der Waals surface area contributed by atoms with Crippen molar-refractivity contribution in [3.05, 3.63) is 70.2 Å². The topological polar surface area (TPSA) is 58.2 Å². The standard InChI is InChI=1S/C17H15ClN2O2S2/c18-14-3-1-2-13(10-14)16(22)20-19-15(21)11-4-6-12(7-5-11)17-23-8-9-24-17/h1-7,10,17H,8-9H2,(H,19,21)(H,20,22). The van der Waals surface area contributed by atoms with Gasteiger partial charge in [-0.05, 0) is 35.9 Å². The molecule has 3 rings (SSSR count). The van der Waals surface area contributed by atoms with Crippen molar-refractivity contribution < 1.29 is 9.59 Å². The molecule has 7 heteroatoms. The van der Waals surface area contributed by atoms with Crippen LogP contribution in [0.15, 0.2) is 48.5 Å². The summed E-state index contributed by atoms with van der Waals surface area (Å²) >= 11 is 9.68. The molecule has 0 atom stereocenters. The number of benzene rings is 2. The van der Waals surface area contributed by atoms with Gasteiger partial charge in [0.1, 0.15) is 0 Å². The van der Waals surface area contributed by atoms with Crippen LogP contribution >= 0.6 is 35.1 Å². The number of carbonyl (C=O) groups is 2. The maximum atomic E-state index is 12.1. The van der Waals surface area contributed by atoms with Crippen LogP contribution < -0.4 is 10.9 Å². The van der Waals surface area contributed by atoms with Crippen LogP contribution in [-0.4, -0.2) is 23.3 Å². The molecule has 4 nitrogen and oxygen atoms in total. The van der Waals surface area contributed by atoms with Gasteiger partial charge in [0.25, 0.3) is 11.8 Å². The monoisotopic (exact) mass is 378 g/mol. The summed E-state index contributed by atoms with van der Waals surface area (Å²) in [6.07, 6.45) is 0. The zero-order chi connectivity index (χ0) is 16.9. The van der Waals surface area contributed by atoms with E-state index in [2.05, 4.69) is 10.9 Å². The maximum absolute atomic E-state index is 12.1. The van der Waals surface area contributed by atoms with E-state index in [0.29, 0.717) is 20.7 Å². The molecule has 124 valence electrons. The van der Waals surface area contributed by atoms with E-state index >= 15 is 0 Å². The number of thioether (sulfide) groups is 2. The molecule has 2 N–H and O–H groups in total. The van der Waals surface area contributed by atoms with Crippen molar-refractivity contribution in [2.75, 3.05) is 11.5 Å². The fourth-order valence-corrected chi connectivity index (χ4v) is 5.28. The molecular formula is C17H15ClN2O2S2. The molecule has 2 aromatic carbocycles. The van der Waals surface area contributed by atoms with Crippen LogP contribution in [-0.2, 0) is 0 Å². The third-order valence-electron chi connectivity index (χ3n) is 3.44. The summed E-state index contributed by atoms with van der Waals surface area (Å²) < 4.78 is 0.449. The molecule has 24 heavy (non-hydrogen) atoms. The number of rotatable bonds is 3. The van der Waals surface area contributed by atoms with Gasteiger partial charge in [-0.2, -0.15) is 0 Å². The van der Waals surface area contributed by atoms with E-state index in [-0.39, 0.29) is 5.91 Å². The van der Waals surface area contributed by atoms with E-state index in [4.69, 9.17) is 11.6 Å². The van der Waals surface area contributed by atoms with Crippen molar-refractivity contribution in [3.8, 4) is 0 Å². The molecule has 0 bridgehead atoms. The van der Waals surface area contributed by atoms with Crippen molar-refractivity contribution in [2.45, 2.75) is 4.58 Å². The summed E-state index contributed by atoms with van der Waals surface area (Å²) in [5.41, 5.74) is 6.89. The van der Waals surface area contributed by atoms with E-state index in [9.17, 15) is 9.59 Å². The number of hydrogen-bond donors (Lipinski definition) is 2. The van der Waals surface area contributed by atoms with E-state index < -0.39 is 5.91 Å². The fraction of sp³-hybridized carbons (Fsp3) is 0.176. The third-order valence-corrected chi connectivity index (χ3v) is 6.78. The Labute approximate surface area is 153 Å². The molecule has 0 saturated carbocycles. The lowest BCUT2D eigenvalue weighted by molar-refractivity contribution is 0.0846. The van der Waals surface area contributed by atoms with Crippen LogP contribution in [0.2, 0.25) is 5.02 Å². The first-order valence-electron chi connectivity index (χ1n) is 7.33. The summed E-state index contributed by atoms with van der Waals surface area (Å²) in [6.45, 7) is 0. The van der Waals surface area contributed by atoms with Crippen molar-refractivity contribution in [1.29, 1.82) is 0 Å². The van der Waals surface area contributed by atoms with Crippen LogP contribution in [0.3, 0.4) is 0 Å². The van der Waals surface area contributed by atoms with Gasteiger partial charge in [0.15, 0.2) is 0 Å². The van der Waals surface area contributed by atoms with E-state index in [1.807, 2.05) is 35.7 Å². The van der Waals surface area contributed by atoms with Gasteiger partial charge < -0.3 is 0 Å². The van der Waals surface area contributed by atoms with Gasteiger partial charge in [-0.1, -0.05) is 29.8 Å². The lowest BCUT2D eigenvalue weighted by Crippen LogP contribution is -2.41. The normalized spacial score (nSPS) is 14.4. The highest BCUT2D eigenvalue weighted by Gasteiger charge is 2.18. The number of hydrogen-bond acceptors (Lipinski definition) is 4. The van der Waals surface area contributed by atoms with Crippen LogP contribution in [0.25, 0.3) is 0 Å². The van der Waals surface area contributed by atoms with E-state index in [1.54, 1.807) is 30.3 Å². The van der Waals surface area contributed by atoms with Gasteiger partial charge >= 0.3 is 0 Å². The second-order valence-electron chi connectivity index (χ2n) is 5.11. The Hall–Kier alpha value is -1.63. The van der Waals surface area contributed by atoms with Crippen LogP contribution in [0.5, 0.6) is 0 Å². The zero-order valence-corrected chi connectivity index (χ0v) is 15.0. The van der Waals surface area contributed by atoms with Gasteiger partial charge in [0, 0.05) is 27.7 Å². The highest BCUT2D eigenvalue weighted by atomic mass is 35.5. The number of nitrogens with one attached hydrogen (secondary N) is 2. The Morgan fingerprint density at radius 3 is 2.17 bits per heavy atom. The van der Waals surface area contributed by atoms with Gasteiger partial charge in [-0.15, -0.1) is 23.5 Å². The summed E-state index contributed by atoms with van der Waals surface area (Å²) in [5, 5.41) is 0.465. The summed E-state index contributed by atoms with van der Waals surface area (Å²) in [5.74, 6) is 1.55. The largest absolute Gasteiger partial charge is 0.269 e. The third kappa shape index (κ3) is 4.26. The van der Waals surface area contributed by atoms with Crippen LogP contribution in [0, 0.1) is 0 Å². The minimum Gasteiger partial charge on any atom is -0.267 e. The Bertz CT molecular complexity index is 747. The minimum atomic E-state index is -0.416. The first-order chi connectivity index (χ1) is 11.6. The average molecular weight is 379 g/mol. The Balaban J connectivity index is 1.57. The van der Waals surface area contributed by atoms with Gasteiger partial charge in [0.05, 0.1) is 4.58 Å². The lowest BCUT2D eigenvalue weighted by atomic mass is 10.1. The number of amides is 2. The molecule has 0 aliphatic carbocycles. The molecule has 2 aromatic rings. The molecule has 1 aliphatic heterocycles. The number of hydrazine groups is 1. The van der Waals surface area contributed by atoms with Gasteiger partial charge in [-0.3, -0.25) is 20.4 Å². The molecule has 1 saturated heterocycles. The quantitative estimate of drug-likeness (QED) is 0.795. The van der Waals surface area contributed by atoms with Crippen molar-refractivity contribution in [3.63, 3.8) is 0 Å². The highest BCUT2D eigenvalue weighted by Crippen LogP contribution is 2.45. The summed E-state index contributed by atoms with van der Waals surface area (Å²) in [7, 11) is 0. The van der Waals surface area contributed by atoms with Crippen molar-refractivity contribution >= 4 is 46.9 Å². The van der Waals surface area contributed by atoms with Crippen LogP contribution in [0.1, 0.15) is 30.9 Å². The fourth-order valence-electron chi connectivity index (χ4n) is 2.23. The molecule has 1 fully saturated rings. The van der Waals surface area contributed by atoms with Crippen molar-refractivity contribution in [1.82, 2.24) is 10.9 Å². The number of carbonyl (C=O) groups excluding carboxylic acids is 2. The van der Waals surface area contributed by atoms with Gasteiger partial charge in [0.2, 0.25) is 0 Å². The molecule has 1 aliphatic rings. The van der Waals surface area contributed by atoms with Crippen molar-refractivity contribution in [2.24, 2.45) is 0 Å². The molecule has 2 amide bonds. The Morgan fingerprint density at radius 1 is 0.917 bits per heavy atom. The molecule has 0 aromatic heterocycles. The Kier molecular flexibility index (Phi) is 5.71. The Morgan fingerprint density at radius 2 is 1.54 bits per heavy atom. The zero-order valence-electron chi connectivity index (χ0n) is 12.6. The molecule has 1 heterocycles. The predicted octanol–water partition coefficient (Wildman–Crippen LogP) is 3.89. The van der Waals surface area contributed by atoms with E-state index in [1.165, 1.54) is 11.6 Å². The average Bonchev–Trinajstić information content (AvgIpc) is 3.14. The molecular weight excluding hydrogens is 364 g/mol. The molecule has 0 radical (unpaired) electrons. The van der Waals surface area contributed by atoms with E-state index in [0.717, 1.165) is 11.5 Å². The summed E-state index contributed by atoms with van der Waals surface area (Å²) in [4.78, 5) is 24.1. The molecule has 0 unspecified atom stereocenters. The first kappa shape index (κ1) is 17.2. The van der Waals surface area contributed by atoms with Crippen LogP contribution in [0.4, 0.5) is 0 Å². The molecule has 0 spiro atoms. The highest BCUT2D eigenvalue weighted by molar-refractivity contribution is 8.19. The predicted molar refractivity (Wildman–Crippen MR) is 100 cm³/mol. The SMILES string of the molecule is O=C(NNC(=O)c1cccc(Cl)c1)c1ccc(C2SCCS2)cc1. The number of halogens is 1.